The van der Waals surface area contributed by atoms with Crippen molar-refractivity contribution >= 4 is 31.1 Å². The van der Waals surface area contributed by atoms with E-state index in [-0.39, 0.29) is 0 Å². The Morgan fingerprint density at radius 2 is 1.71 bits per heavy atom. The van der Waals surface area contributed by atoms with Gasteiger partial charge in [-0.05, 0) is 0 Å². The third-order valence-corrected chi connectivity index (χ3v) is 2.30. The number of hydrogen-bond acceptors (Lipinski definition) is 0. The third kappa shape index (κ3) is 3.37. The molecular formula is C2BrF3Mg. The van der Waals surface area contributed by atoms with Crippen molar-refractivity contribution in [1.82, 2.24) is 0 Å². The molecule has 0 heterocycles. The highest BCUT2D eigenvalue weighted by molar-refractivity contribution is 9.23. The lowest BCUT2D eigenvalue weighted by atomic mass is 11.1. The highest BCUT2D eigenvalue weighted by atomic mass is 79.9. The minimum absolute atomic E-state index is 1.26. The van der Waals surface area contributed by atoms with Crippen molar-refractivity contribution in [3.63, 3.8) is 0 Å². The summed E-state index contributed by atoms with van der Waals surface area (Å²) in [7, 11) is 0. The molecule has 5 heteroatoms. The van der Waals surface area contributed by atoms with Crippen LogP contribution in [-0.2, 0) is 0 Å². The lowest BCUT2D eigenvalue weighted by molar-refractivity contribution is 0.393. The van der Waals surface area contributed by atoms with Crippen LogP contribution in [0.5, 0.6) is 0 Å². The first kappa shape index (κ1) is 7.78. The van der Waals surface area contributed by atoms with E-state index in [0.717, 1.165) is 0 Å². The number of rotatable bonds is 1. The van der Waals surface area contributed by atoms with E-state index < -0.39 is 28.2 Å². The van der Waals surface area contributed by atoms with Gasteiger partial charge in [0.15, 0.2) is 0 Å². The second-order valence-corrected chi connectivity index (χ2v) is 3.37. The highest BCUT2D eigenvalue weighted by Gasteiger charge is 2.04. The first-order chi connectivity index (χ1) is 3.18. The Balaban J connectivity index is 3.72. The molecule has 0 saturated carbocycles. The summed E-state index contributed by atoms with van der Waals surface area (Å²) in [5.41, 5.74) is 0. The fourth-order valence-electron chi connectivity index (χ4n) is 0.0505. The van der Waals surface area contributed by atoms with Gasteiger partial charge >= 0.3 is 18.2 Å². The minimum atomic E-state index is -2.19. The summed E-state index contributed by atoms with van der Waals surface area (Å²) in [5.74, 6) is 0. The fourth-order valence-corrected chi connectivity index (χ4v) is 0.787. The van der Waals surface area contributed by atoms with E-state index in [2.05, 4.69) is 12.9 Å². The molecule has 0 N–H and O–H groups in total. The second kappa shape index (κ2) is 3.74. The average molecular weight is 185 g/mol. The van der Waals surface area contributed by atoms with Crippen molar-refractivity contribution in [3.8, 4) is 0 Å². The van der Waals surface area contributed by atoms with Gasteiger partial charge in [0.2, 0.25) is 0 Å². The summed E-state index contributed by atoms with van der Waals surface area (Å²) in [6.07, 6.45) is -2.19. The van der Waals surface area contributed by atoms with Crippen LogP contribution in [0, 0.1) is 0 Å². The third-order valence-electron chi connectivity index (χ3n) is 0.322. The monoisotopic (exact) mass is 184 g/mol. The first-order valence-corrected chi connectivity index (χ1v) is 6.04. The Bertz CT molecular complexity index is 86.9. The van der Waals surface area contributed by atoms with Crippen LogP contribution in [0.1, 0.15) is 0 Å². The van der Waals surface area contributed by atoms with E-state index in [1.165, 1.54) is 0 Å². The lowest BCUT2D eigenvalue weighted by Crippen LogP contribution is -1.78. The zero-order valence-electron chi connectivity index (χ0n) is 3.22. The van der Waals surface area contributed by atoms with Gasteiger partial charge in [0.1, 0.15) is 0 Å². The molecule has 0 unspecified atom stereocenters. The van der Waals surface area contributed by atoms with Gasteiger partial charge in [0.05, 0.1) is 0 Å². The summed E-state index contributed by atoms with van der Waals surface area (Å²) >= 11 is 1.21. The zero-order chi connectivity index (χ0) is 5.86. The normalized spacial score (nSPS) is 7.43. The molecule has 0 aliphatic carbocycles. The molecule has 7 heavy (non-hydrogen) atoms. The van der Waals surface area contributed by atoms with Gasteiger partial charge in [-0.1, -0.05) is 0 Å². The molecule has 0 rings (SSSR count). The summed E-state index contributed by atoms with van der Waals surface area (Å²) in [6, 6.07) is 0. The van der Waals surface area contributed by atoms with E-state index in [0.29, 0.717) is 0 Å². The summed E-state index contributed by atoms with van der Waals surface area (Å²) in [6.45, 7) is 0. The molecular weight excluding hydrogens is 185 g/mol. The largest absolute Gasteiger partial charge is 0.560 e. The molecule has 0 aromatic carbocycles. The zero-order valence-corrected chi connectivity index (χ0v) is 6.22. The average Bonchev–Trinajstić information content (AvgIpc) is 1.65. The van der Waals surface area contributed by atoms with Gasteiger partial charge in [-0.3, -0.25) is 12.9 Å². The van der Waals surface area contributed by atoms with Crippen molar-refractivity contribution in [1.29, 1.82) is 0 Å². The summed E-state index contributed by atoms with van der Waals surface area (Å²) < 4.78 is 32.0. The highest BCUT2D eigenvalue weighted by Crippen LogP contribution is 2.08. The molecule has 0 saturated heterocycles. The lowest BCUT2D eigenvalue weighted by Gasteiger charge is -1.79. The smallest absolute Gasteiger partial charge is 0.291 e. The Kier molecular flexibility index (Phi) is 4.15. The predicted molar refractivity (Wildman–Crippen MR) is 25.0 cm³/mol. The van der Waals surface area contributed by atoms with Crippen LogP contribution < -0.4 is 0 Å². The SMILES string of the molecule is FC(F)=[C](F)[Mg][Br]. The van der Waals surface area contributed by atoms with Crippen molar-refractivity contribution in [2.75, 3.05) is 0 Å². The fraction of sp³-hybridized carbons (Fsp3) is 0. The van der Waals surface area contributed by atoms with Crippen LogP contribution in [0.15, 0.2) is 10.0 Å². The first-order valence-electron chi connectivity index (χ1n) is 1.44. The van der Waals surface area contributed by atoms with Gasteiger partial charge in [-0.15, -0.1) is 0 Å². The Morgan fingerprint density at radius 1 is 1.29 bits per heavy atom. The van der Waals surface area contributed by atoms with Gasteiger partial charge in [0.25, 0.3) is 6.08 Å². The summed E-state index contributed by atoms with van der Waals surface area (Å²) in [4.78, 5) is 0. The molecule has 0 radical (unpaired) electrons. The van der Waals surface area contributed by atoms with E-state index in [9.17, 15) is 13.2 Å². The van der Waals surface area contributed by atoms with Crippen molar-refractivity contribution in [3.05, 3.63) is 10.0 Å². The number of hydrogen-bond donors (Lipinski definition) is 0. The van der Waals surface area contributed by atoms with Crippen molar-refractivity contribution in [2.24, 2.45) is 0 Å². The second-order valence-electron chi connectivity index (χ2n) is 0.799. The van der Waals surface area contributed by atoms with Crippen LogP contribution in [-0.4, -0.2) is 18.2 Å². The van der Waals surface area contributed by atoms with Gasteiger partial charge in [-0.25, -0.2) is 4.39 Å². The maximum atomic E-state index is 11.4. The van der Waals surface area contributed by atoms with Crippen LogP contribution in [0.25, 0.3) is 0 Å². The Labute approximate surface area is 54.4 Å². The van der Waals surface area contributed by atoms with Gasteiger partial charge in [-0.2, -0.15) is 8.78 Å². The van der Waals surface area contributed by atoms with Gasteiger partial charge < -0.3 is 0 Å². The van der Waals surface area contributed by atoms with Crippen molar-refractivity contribution in [2.45, 2.75) is 0 Å². The molecule has 0 aliphatic rings. The van der Waals surface area contributed by atoms with E-state index in [1.807, 2.05) is 0 Å². The topological polar surface area (TPSA) is 0 Å². The minimum Gasteiger partial charge on any atom is -0.291 e. The van der Waals surface area contributed by atoms with Crippen LogP contribution >= 0.6 is 12.9 Å². The maximum Gasteiger partial charge on any atom is 0.560 e. The molecule has 0 aromatic heterocycles. The summed E-state index contributed by atoms with van der Waals surface area (Å²) in [5, 5.41) is 0. The number of halogens is 4. The quantitative estimate of drug-likeness (QED) is 0.548. The molecule has 0 bridgehead atoms. The van der Waals surface area contributed by atoms with E-state index >= 15 is 0 Å². The predicted octanol–water partition coefficient (Wildman–Crippen LogP) is 2.04. The van der Waals surface area contributed by atoms with Gasteiger partial charge in [0, 0.05) is 3.96 Å². The molecule has 0 amide bonds. The Morgan fingerprint density at radius 3 is 1.71 bits per heavy atom. The molecule has 0 nitrogen and oxygen atoms in total. The standard InChI is InChI=1S/C2F3.BrH.Mg/c3-1-2(4)5;;/h;1H;/q;;+1/p-1. The van der Waals surface area contributed by atoms with E-state index in [1.54, 1.807) is 0 Å². The molecule has 0 atom stereocenters. The molecule has 0 aromatic rings. The molecule has 0 fully saturated rings. The van der Waals surface area contributed by atoms with Crippen LogP contribution in [0.3, 0.4) is 0 Å². The van der Waals surface area contributed by atoms with Crippen LogP contribution in [0.2, 0.25) is 0 Å². The van der Waals surface area contributed by atoms with Crippen molar-refractivity contribution < 1.29 is 13.2 Å². The molecule has 38 valence electrons. The van der Waals surface area contributed by atoms with E-state index in [4.69, 9.17) is 0 Å². The molecule has 0 aliphatic heterocycles. The van der Waals surface area contributed by atoms with Crippen LogP contribution in [0.4, 0.5) is 13.2 Å². The Hall–Kier alpha value is 0.776. The maximum absolute atomic E-state index is 11.4. The molecule has 0 spiro atoms.